The Hall–Kier alpha value is -1.71. The molecule has 0 saturated carbocycles. The minimum absolute atomic E-state index is 0.0585. The van der Waals surface area contributed by atoms with Crippen molar-refractivity contribution in [1.29, 1.82) is 0 Å². The number of nitro groups is 1. The quantitative estimate of drug-likeness (QED) is 0.579. The molecule has 1 aromatic rings. The number of nitro benzene ring substituents is 1. The number of piperidine rings is 1. The zero-order chi connectivity index (χ0) is 18.6. The van der Waals surface area contributed by atoms with Crippen LogP contribution >= 0.6 is 0 Å². The molecule has 1 heterocycles. The van der Waals surface area contributed by atoms with E-state index in [2.05, 4.69) is 5.32 Å². The highest BCUT2D eigenvalue weighted by atomic mass is 32.2. The number of hydrogen-bond acceptors (Lipinski definition) is 6. The lowest BCUT2D eigenvalue weighted by Crippen LogP contribution is -2.35. The molecule has 0 aliphatic carbocycles. The summed E-state index contributed by atoms with van der Waals surface area (Å²) >= 11 is 0. The van der Waals surface area contributed by atoms with Gasteiger partial charge in [0, 0.05) is 33.3 Å². The van der Waals surface area contributed by atoms with E-state index in [4.69, 9.17) is 0 Å². The number of rotatable bonds is 7. The van der Waals surface area contributed by atoms with Crippen LogP contribution in [0.4, 0.5) is 11.4 Å². The molecule has 1 aliphatic rings. The van der Waals surface area contributed by atoms with Crippen molar-refractivity contribution in [1.82, 2.24) is 9.62 Å². The zero-order valence-corrected chi connectivity index (χ0v) is 15.8. The second-order valence-electron chi connectivity index (χ2n) is 6.52. The van der Waals surface area contributed by atoms with Gasteiger partial charge in [0.25, 0.3) is 5.69 Å². The summed E-state index contributed by atoms with van der Waals surface area (Å²) in [7, 11) is 1.05. The second kappa shape index (κ2) is 8.11. The molecule has 1 saturated heterocycles. The highest BCUT2D eigenvalue weighted by molar-refractivity contribution is 7.89. The predicted molar refractivity (Wildman–Crippen MR) is 97.4 cm³/mol. The first-order valence-corrected chi connectivity index (χ1v) is 9.82. The topological polar surface area (TPSA) is 95.8 Å². The van der Waals surface area contributed by atoms with Crippen molar-refractivity contribution in [3.05, 3.63) is 28.3 Å². The Labute approximate surface area is 149 Å². The lowest BCUT2D eigenvalue weighted by Gasteiger charge is -2.33. The lowest BCUT2D eigenvalue weighted by atomic mass is 9.93. The average Bonchev–Trinajstić information content (AvgIpc) is 2.59. The van der Waals surface area contributed by atoms with Gasteiger partial charge in [0.05, 0.1) is 9.82 Å². The van der Waals surface area contributed by atoms with Crippen molar-refractivity contribution in [2.24, 2.45) is 5.92 Å². The summed E-state index contributed by atoms with van der Waals surface area (Å²) in [6.07, 6.45) is 3.07. The maximum Gasteiger partial charge on any atom is 0.293 e. The van der Waals surface area contributed by atoms with Gasteiger partial charge in [-0.25, -0.2) is 12.7 Å². The van der Waals surface area contributed by atoms with Crippen LogP contribution in [-0.4, -0.2) is 58.4 Å². The van der Waals surface area contributed by atoms with Crippen LogP contribution in [0.3, 0.4) is 0 Å². The van der Waals surface area contributed by atoms with E-state index < -0.39 is 14.9 Å². The Morgan fingerprint density at radius 1 is 1.32 bits per heavy atom. The molecule has 0 spiro atoms. The summed E-state index contributed by atoms with van der Waals surface area (Å²) in [4.78, 5) is 12.9. The Morgan fingerprint density at radius 3 is 2.48 bits per heavy atom. The summed E-state index contributed by atoms with van der Waals surface area (Å²) in [5.74, 6) is 0.621. The molecule has 0 atom stereocenters. The van der Waals surface area contributed by atoms with Crippen molar-refractivity contribution < 1.29 is 13.3 Å². The average molecular weight is 370 g/mol. The third-order valence-corrected chi connectivity index (χ3v) is 6.49. The van der Waals surface area contributed by atoms with Crippen LogP contribution in [0.5, 0.6) is 0 Å². The van der Waals surface area contributed by atoms with Gasteiger partial charge < -0.3 is 10.2 Å². The fourth-order valence-corrected chi connectivity index (χ4v) is 4.02. The monoisotopic (exact) mass is 370 g/mol. The van der Waals surface area contributed by atoms with E-state index in [0.29, 0.717) is 11.6 Å². The van der Waals surface area contributed by atoms with Gasteiger partial charge in [-0.3, -0.25) is 10.1 Å². The molecule has 8 nitrogen and oxygen atoms in total. The maximum absolute atomic E-state index is 12.2. The number of anilines is 1. The maximum atomic E-state index is 12.2. The first kappa shape index (κ1) is 19.6. The molecule has 0 bridgehead atoms. The van der Waals surface area contributed by atoms with Gasteiger partial charge in [-0.2, -0.15) is 0 Å². The highest BCUT2D eigenvalue weighted by Crippen LogP contribution is 2.34. The highest BCUT2D eigenvalue weighted by Gasteiger charge is 2.27. The van der Waals surface area contributed by atoms with Crippen LogP contribution in [-0.2, 0) is 10.0 Å². The zero-order valence-electron chi connectivity index (χ0n) is 14.9. The van der Waals surface area contributed by atoms with E-state index in [1.54, 1.807) is 6.07 Å². The summed E-state index contributed by atoms with van der Waals surface area (Å²) in [6, 6.07) is 4.17. The molecule has 0 amide bonds. The van der Waals surface area contributed by atoms with Crippen LogP contribution in [0.2, 0.25) is 0 Å². The van der Waals surface area contributed by atoms with Gasteiger partial charge in [-0.05, 0) is 50.9 Å². The molecule has 0 aromatic heterocycles. The summed E-state index contributed by atoms with van der Waals surface area (Å²) in [5.41, 5.74) is 0.339. The normalized spacial score (nSPS) is 16.4. The molecule has 1 aliphatic heterocycles. The first-order valence-electron chi connectivity index (χ1n) is 8.38. The lowest BCUT2D eigenvalue weighted by molar-refractivity contribution is -0.384. The smallest absolute Gasteiger partial charge is 0.293 e. The van der Waals surface area contributed by atoms with E-state index in [0.717, 1.165) is 49.3 Å². The van der Waals surface area contributed by atoms with Gasteiger partial charge in [0.15, 0.2) is 0 Å². The molecular formula is C16H26N4O4S. The fourth-order valence-electron chi connectivity index (χ4n) is 3.10. The molecular weight excluding hydrogens is 344 g/mol. The van der Waals surface area contributed by atoms with Crippen molar-refractivity contribution in [3.63, 3.8) is 0 Å². The SMILES string of the molecule is CNCCC1CCN(c2ccc(S(=O)(=O)N(C)C)cc2[N+](=O)[O-])CC1. The molecule has 1 N–H and O–H groups in total. The minimum Gasteiger partial charge on any atom is -0.366 e. The van der Waals surface area contributed by atoms with Crippen molar-refractivity contribution in [2.45, 2.75) is 24.2 Å². The van der Waals surface area contributed by atoms with E-state index in [1.807, 2.05) is 11.9 Å². The van der Waals surface area contributed by atoms with Crippen LogP contribution in [0.25, 0.3) is 0 Å². The molecule has 2 rings (SSSR count). The Balaban J connectivity index is 2.23. The van der Waals surface area contributed by atoms with Crippen molar-refractivity contribution >= 4 is 21.4 Å². The standard InChI is InChI=1S/C16H26N4O4S/c1-17-9-6-13-7-10-19(11-8-13)15-5-4-14(12-16(15)20(21)22)25(23,24)18(2)3/h4-5,12-13,17H,6-11H2,1-3H3. The van der Waals surface area contributed by atoms with Crippen LogP contribution in [0, 0.1) is 16.0 Å². The predicted octanol–water partition coefficient (Wildman–Crippen LogP) is 1.67. The van der Waals surface area contributed by atoms with E-state index in [-0.39, 0.29) is 10.6 Å². The van der Waals surface area contributed by atoms with E-state index in [9.17, 15) is 18.5 Å². The Kier molecular flexibility index (Phi) is 6.36. The molecule has 0 radical (unpaired) electrons. The van der Waals surface area contributed by atoms with Gasteiger partial charge in [-0.15, -0.1) is 0 Å². The third-order valence-electron chi connectivity index (χ3n) is 4.68. The molecule has 25 heavy (non-hydrogen) atoms. The molecule has 1 fully saturated rings. The summed E-state index contributed by atoms with van der Waals surface area (Å²) in [6.45, 7) is 2.46. The minimum atomic E-state index is -3.70. The summed E-state index contributed by atoms with van der Waals surface area (Å²) in [5, 5.41) is 14.6. The number of nitrogens with one attached hydrogen (secondary N) is 1. The van der Waals surface area contributed by atoms with Gasteiger partial charge in [0.1, 0.15) is 5.69 Å². The van der Waals surface area contributed by atoms with E-state index in [1.165, 1.54) is 20.2 Å². The van der Waals surface area contributed by atoms with Crippen LogP contribution in [0.15, 0.2) is 23.1 Å². The van der Waals surface area contributed by atoms with Gasteiger partial charge in [0.2, 0.25) is 10.0 Å². The fraction of sp³-hybridized carbons (Fsp3) is 0.625. The first-order chi connectivity index (χ1) is 11.8. The number of nitrogens with zero attached hydrogens (tertiary/aromatic N) is 3. The van der Waals surface area contributed by atoms with Crippen LogP contribution < -0.4 is 10.2 Å². The van der Waals surface area contributed by atoms with Gasteiger partial charge in [-0.1, -0.05) is 0 Å². The molecule has 0 unspecified atom stereocenters. The van der Waals surface area contributed by atoms with E-state index >= 15 is 0 Å². The molecule has 140 valence electrons. The number of benzene rings is 1. The Bertz CT molecular complexity index is 713. The number of hydrogen-bond donors (Lipinski definition) is 1. The molecule has 9 heteroatoms. The molecule has 1 aromatic carbocycles. The largest absolute Gasteiger partial charge is 0.366 e. The van der Waals surface area contributed by atoms with Gasteiger partial charge >= 0.3 is 0 Å². The second-order valence-corrected chi connectivity index (χ2v) is 8.67. The summed E-state index contributed by atoms with van der Waals surface area (Å²) < 4.78 is 25.5. The van der Waals surface area contributed by atoms with Crippen LogP contribution in [0.1, 0.15) is 19.3 Å². The Morgan fingerprint density at radius 2 is 1.96 bits per heavy atom. The van der Waals surface area contributed by atoms with Crippen molar-refractivity contribution in [3.8, 4) is 0 Å². The van der Waals surface area contributed by atoms with Crippen molar-refractivity contribution in [2.75, 3.05) is 45.7 Å². The third kappa shape index (κ3) is 4.47. The number of sulfonamides is 1.